The van der Waals surface area contributed by atoms with Crippen molar-refractivity contribution in [2.45, 2.75) is 12.2 Å². The first kappa shape index (κ1) is 26.4. The minimum Gasteiger partial charge on any atom is -0.491 e. The van der Waals surface area contributed by atoms with Gasteiger partial charge in [-0.05, 0) is 42.5 Å². The Morgan fingerprint density at radius 2 is 1.81 bits per heavy atom. The van der Waals surface area contributed by atoms with E-state index >= 15 is 0 Å². The van der Waals surface area contributed by atoms with Crippen LogP contribution in [-0.2, 0) is 10.9 Å². The number of hydrogen-bond acceptors (Lipinski definition) is 4. The summed E-state index contributed by atoms with van der Waals surface area (Å²) in [6, 6.07) is 6.68. The molecule has 1 unspecified atom stereocenters. The average molecular weight is 541 g/mol. The van der Waals surface area contributed by atoms with Crippen molar-refractivity contribution in [1.82, 2.24) is 5.32 Å². The van der Waals surface area contributed by atoms with Crippen LogP contribution in [0.3, 0.4) is 0 Å². The third-order valence-corrected chi connectivity index (χ3v) is 5.87. The van der Waals surface area contributed by atoms with Gasteiger partial charge in [0.05, 0.1) is 29.5 Å². The van der Waals surface area contributed by atoms with Crippen LogP contribution in [0.4, 0.5) is 27.6 Å². The van der Waals surface area contributed by atoms with E-state index in [1.807, 2.05) is 0 Å². The summed E-state index contributed by atoms with van der Waals surface area (Å²) in [5.74, 6) is -3.42. The maximum Gasteiger partial charge on any atom is 0.416 e. The molecule has 1 heterocycles. The van der Waals surface area contributed by atoms with Crippen LogP contribution < -0.4 is 15.4 Å². The molecule has 0 saturated heterocycles. The van der Waals surface area contributed by atoms with Gasteiger partial charge in [-0.2, -0.15) is 13.2 Å². The molecule has 0 bridgehead atoms. The van der Waals surface area contributed by atoms with Crippen molar-refractivity contribution in [2.75, 3.05) is 25.6 Å². The molecular weight excluding hydrogens is 523 g/mol. The Hall–Kier alpha value is -3.70. The fraction of sp³-hybridized carbons (Fsp3) is 0.200. The standard InChI is InChI=1S/C25H18ClF5N2O4/c1-36-4-5-37-16-10-18-21(22(33-24(18)35)17-9-14(27)2-3-19(17)26)20(11-16)32-23(34)12-6-13(25(29,30)31)8-15(28)7-12/h2-3,6-11,22H,4-5H2,1H3,(H,32,34)(H,33,35). The number of nitrogens with one attached hydrogen (secondary N) is 2. The summed E-state index contributed by atoms with van der Waals surface area (Å²) in [6.07, 6.45) is -4.89. The van der Waals surface area contributed by atoms with Gasteiger partial charge in [-0.1, -0.05) is 11.6 Å². The molecule has 4 rings (SSSR count). The van der Waals surface area contributed by atoms with E-state index in [1.54, 1.807) is 0 Å². The summed E-state index contributed by atoms with van der Waals surface area (Å²) in [4.78, 5) is 25.8. The quantitative estimate of drug-likeness (QED) is 0.296. The van der Waals surface area contributed by atoms with Crippen LogP contribution in [0, 0.1) is 11.6 Å². The Bertz CT molecular complexity index is 1380. The molecule has 37 heavy (non-hydrogen) atoms. The lowest BCUT2D eigenvalue weighted by atomic mass is 9.95. The Morgan fingerprint density at radius 1 is 1.05 bits per heavy atom. The van der Waals surface area contributed by atoms with E-state index in [9.17, 15) is 31.5 Å². The Balaban J connectivity index is 1.80. The summed E-state index contributed by atoms with van der Waals surface area (Å²) >= 11 is 6.25. The number of halogens is 6. The van der Waals surface area contributed by atoms with E-state index < -0.39 is 46.8 Å². The van der Waals surface area contributed by atoms with Crippen molar-refractivity contribution in [1.29, 1.82) is 0 Å². The molecule has 1 aliphatic heterocycles. The number of carbonyl (C=O) groups excluding carboxylic acids is 2. The van der Waals surface area contributed by atoms with E-state index in [1.165, 1.54) is 25.3 Å². The van der Waals surface area contributed by atoms with Gasteiger partial charge in [0.2, 0.25) is 0 Å². The molecule has 6 nitrogen and oxygen atoms in total. The van der Waals surface area contributed by atoms with Crippen LogP contribution in [-0.4, -0.2) is 32.1 Å². The third kappa shape index (κ3) is 5.67. The van der Waals surface area contributed by atoms with E-state index in [0.717, 1.165) is 12.1 Å². The lowest BCUT2D eigenvalue weighted by molar-refractivity contribution is -0.137. The minimum atomic E-state index is -4.89. The van der Waals surface area contributed by atoms with Gasteiger partial charge in [0.1, 0.15) is 24.0 Å². The van der Waals surface area contributed by atoms with Crippen molar-refractivity contribution in [3.8, 4) is 5.75 Å². The van der Waals surface area contributed by atoms with Crippen LogP contribution in [0.2, 0.25) is 5.02 Å². The second-order valence-corrected chi connectivity index (χ2v) is 8.43. The normalized spacial score (nSPS) is 14.8. The monoisotopic (exact) mass is 540 g/mol. The zero-order valence-electron chi connectivity index (χ0n) is 19.0. The molecule has 3 aromatic carbocycles. The second kappa shape index (κ2) is 10.3. The first-order chi connectivity index (χ1) is 17.5. The molecule has 0 fully saturated rings. The van der Waals surface area contributed by atoms with E-state index in [4.69, 9.17) is 21.1 Å². The van der Waals surface area contributed by atoms with Gasteiger partial charge in [0.15, 0.2) is 0 Å². The summed E-state index contributed by atoms with van der Waals surface area (Å²) in [5, 5.41) is 5.22. The number of amides is 2. The number of anilines is 1. The van der Waals surface area contributed by atoms with Gasteiger partial charge in [0, 0.05) is 34.9 Å². The highest BCUT2D eigenvalue weighted by molar-refractivity contribution is 6.31. The fourth-order valence-corrected chi connectivity index (χ4v) is 4.11. The van der Waals surface area contributed by atoms with Crippen LogP contribution in [0.1, 0.15) is 43.4 Å². The number of fused-ring (bicyclic) bond motifs is 1. The summed E-state index contributed by atoms with van der Waals surface area (Å²) in [7, 11) is 1.45. The summed E-state index contributed by atoms with van der Waals surface area (Å²) < 4.78 is 77.9. The predicted molar refractivity (Wildman–Crippen MR) is 124 cm³/mol. The number of benzene rings is 3. The van der Waals surface area contributed by atoms with Gasteiger partial charge in [-0.3, -0.25) is 9.59 Å². The molecule has 0 saturated carbocycles. The second-order valence-electron chi connectivity index (χ2n) is 8.03. The number of rotatable bonds is 7. The van der Waals surface area contributed by atoms with Crippen LogP contribution in [0.15, 0.2) is 48.5 Å². The number of ether oxygens (including phenoxy) is 2. The first-order valence-corrected chi connectivity index (χ1v) is 11.1. The van der Waals surface area contributed by atoms with Crippen molar-refractivity contribution in [3.63, 3.8) is 0 Å². The van der Waals surface area contributed by atoms with E-state index in [-0.39, 0.29) is 52.4 Å². The molecule has 2 amide bonds. The lowest BCUT2D eigenvalue weighted by Crippen LogP contribution is -2.21. The summed E-state index contributed by atoms with van der Waals surface area (Å²) in [5.41, 5.74) is -1.56. The molecular formula is C25H18ClF5N2O4. The van der Waals surface area contributed by atoms with Crippen LogP contribution >= 0.6 is 11.6 Å². The highest BCUT2D eigenvalue weighted by Crippen LogP contribution is 2.41. The van der Waals surface area contributed by atoms with Gasteiger partial charge in [-0.15, -0.1) is 0 Å². The average Bonchev–Trinajstić information content (AvgIpc) is 3.16. The molecule has 0 aromatic heterocycles. The van der Waals surface area contributed by atoms with Crippen molar-refractivity contribution < 1.29 is 41.0 Å². The summed E-state index contributed by atoms with van der Waals surface area (Å²) in [6.45, 7) is 0.290. The largest absolute Gasteiger partial charge is 0.491 e. The number of hydrogen-bond donors (Lipinski definition) is 2. The van der Waals surface area contributed by atoms with Crippen molar-refractivity contribution in [3.05, 3.63) is 93.0 Å². The Kier molecular flexibility index (Phi) is 7.37. The molecule has 0 spiro atoms. The molecule has 1 atom stereocenters. The van der Waals surface area contributed by atoms with E-state index in [0.29, 0.717) is 12.1 Å². The van der Waals surface area contributed by atoms with Crippen molar-refractivity contribution in [2.24, 2.45) is 0 Å². The molecule has 3 aromatic rings. The number of methoxy groups -OCH3 is 1. The van der Waals surface area contributed by atoms with E-state index in [2.05, 4.69) is 10.6 Å². The fourth-order valence-electron chi connectivity index (χ4n) is 3.88. The van der Waals surface area contributed by atoms with Gasteiger partial charge >= 0.3 is 6.18 Å². The van der Waals surface area contributed by atoms with Crippen LogP contribution in [0.5, 0.6) is 5.75 Å². The Morgan fingerprint density at radius 3 is 2.51 bits per heavy atom. The lowest BCUT2D eigenvalue weighted by Gasteiger charge is -2.19. The smallest absolute Gasteiger partial charge is 0.416 e. The van der Waals surface area contributed by atoms with Crippen LogP contribution in [0.25, 0.3) is 0 Å². The maximum absolute atomic E-state index is 14.0. The zero-order chi connectivity index (χ0) is 26.9. The molecule has 1 aliphatic rings. The number of carbonyl (C=O) groups is 2. The van der Waals surface area contributed by atoms with Gasteiger partial charge in [-0.25, -0.2) is 8.78 Å². The van der Waals surface area contributed by atoms with Gasteiger partial charge in [0.25, 0.3) is 11.8 Å². The first-order valence-electron chi connectivity index (χ1n) is 10.7. The predicted octanol–water partition coefficient (Wildman–Crippen LogP) is 5.75. The molecule has 0 aliphatic carbocycles. The topological polar surface area (TPSA) is 76.7 Å². The maximum atomic E-state index is 14.0. The van der Waals surface area contributed by atoms with Crippen molar-refractivity contribution >= 4 is 29.1 Å². The van der Waals surface area contributed by atoms with Gasteiger partial charge < -0.3 is 20.1 Å². The molecule has 194 valence electrons. The minimum absolute atomic E-state index is 0.0311. The number of alkyl halides is 3. The molecule has 2 N–H and O–H groups in total. The third-order valence-electron chi connectivity index (χ3n) is 5.52. The highest BCUT2D eigenvalue weighted by Gasteiger charge is 2.36. The molecule has 0 radical (unpaired) electrons. The highest BCUT2D eigenvalue weighted by atomic mass is 35.5. The zero-order valence-corrected chi connectivity index (χ0v) is 19.8. The molecule has 12 heteroatoms. The Labute approximate surface area is 212 Å². The SMILES string of the molecule is COCCOc1cc(NC(=O)c2cc(F)cc(C(F)(F)F)c2)c2c(c1)C(=O)NC2c1cc(F)ccc1Cl.